The van der Waals surface area contributed by atoms with Gasteiger partial charge in [-0.05, 0) is 89.9 Å². The Bertz CT molecular complexity index is 675. The van der Waals surface area contributed by atoms with Gasteiger partial charge in [-0.1, -0.05) is 12.8 Å². The molecule has 0 fully saturated rings. The quantitative estimate of drug-likeness (QED) is 0.266. The van der Waals surface area contributed by atoms with Crippen molar-refractivity contribution in [3.63, 3.8) is 0 Å². The second-order valence-corrected chi connectivity index (χ2v) is 11.2. The normalized spacial score (nSPS) is 12.2. The Morgan fingerprint density at radius 2 is 1.07 bits per heavy atom. The summed E-state index contributed by atoms with van der Waals surface area (Å²) >= 11 is 3.36. The lowest BCUT2D eigenvalue weighted by molar-refractivity contribution is -0.148. The van der Waals surface area contributed by atoms with Crippen LogP contribution in [0.25, 0.3) is 0 Å². The first kappa shape index (κ1) is 26.8. The zero-order chi connectivity index (χ0) is 22.9. The average Bonchev–Trinajstić information content (AvgIpc) is 2.65. The number of carboxylic acids is 2. The topological polar surface area (TPSA) is 100 Å². The molecule has 0 spiro atoms. The van der Waals surface area contributed by atoms with Crippen molar-refractivity contribution in [2.24, 2.45) is 10.8 Å². The molecule has 8 heteroatoms. The summed E-state index contributed by atoms with van der Waals surface area (Å²) in [5.74, 6) is 0.310. The van der Waals surface area contributed by atoms with Crippen LogP contribution in [-0.2, 0) is 9.59 Å². The third-order valence-corrected chi connectivity index (χ3v) is 7.77. The van der Waals surface area contributed by atoms with Crippen molar-refractivity contribution in [1.82, 2.24) is 10.2 Å². The molecule has 0 saturated heterocycles. The Morgan fingerprint density at radius 1 is 0.733 bits per heavy atom. The van der Waals surface area contributed by atoms with E-state index in [1.54, 1.807) is 51.2 Å². The molecule has 2 N–H and O–H groups in total. The van der Waals surface area contributed by atoms with Gasteiger partial charge in [0, 0.05) is 0 Å². The summed E-state index contributed by atoms with van der Waals surface area (Å²) in [6.45, 7) is 11.2. The van der Waals surface area contributed by atoms with Gasteiger partial charge >= 0.3 is 11.9 Å². The van der Waals surface area contributed by atoms with Gasteiger partial charge in [0.2, 0.25) is 0 Å². The fourth-order valence-corrected chi connectivity index (χ4v) is 4.75. The van der Waals surface area contributed by atoms with E-state index < -0.39 is 22.8 Å². The van der Waals surface area contributed by atoms with Crippen LogP contribution in [0.1, 0.15) is 77.3 Å². The third kappa shape index (κ3) is 8.46. The first-order valence-corrected chi connectivity index (χ1v) is 12.4. The summed E-state index contributed by atoms with van der Waals surface area (Å²) in [7, 11) is 0. The molecule has 0 aliphatic rings. The van der Waals surface area contributed by atoms with Crippen molar-refractivity contribution in [3.8, 4) is 0 Å². The van der Waals surface area contributed by atoms with Gasteiger partial charge in [-0.3, -0.25) is 9.59 Å². The first-order valence-electron chi connectivity index (χ1n) is 10.4. The minimum absolute atomic E-state index is 0.667. The van der Waals surface area contributed by atoms with E-state index in [4.69, 9.17) is 10.2 Å². The maximum atomic E-state index is 11.2. The number of rotatable bonds is 14. The van der Waals surface area contributed by atoms with Crippen molar-refractivity contribution in [2.45, 2.75) is 90.1 Å². The van der Waals surface area contributed by atoms with Gasteiger partial charge in [0.05, 0.1) is 10.8 Å². The first-order chi connectivity index (χ1) is 13.9. The molecule has 1 aromatic rings. The zero-order valence-corrected chi connectivity index (χ0v) is 20.7. The molecule has 1 heterocycles. The van der Waals surface area contributed by atoms with Crippen molar-refractivity contribution in [1.29, 1.82) is 0 Å². The number of hydrogen-bond donors (Lipinski definition) is 2. The predicted molar refractivity (Wildman–Crippen MR) is 123 cm³/mol. The smallest absolute Gasteiger partial charge is 0.309 e. The molecule has 6 nitrogen and oxygen atoms in total. The molecule has 0 saturated carbocycles. The van der Waals surface area contributed by atoms with Crippen LogP contribution in [0, 0.1) is 24.7 Å². The molecule has 0 aliphatic carbocycles. The van der Waals surface area contributed by atoms with Gasteiger partial charge in [-0.25, -0.2) is 0 Å². The Morgan fingerprint density at radius 3 is 1.37 bits per heavy atom. The van der Waals surface area contributed by atoms with Crippen LogP contribution < -0.4 is 0 Å². The Kier molecular flexibility index (Phi) is 10.6. The molecule has 0 aliphatic heterocycles. The zero-order valence-electron chi connectivity index (χ0n) is 19.1. The second kappa shape index (κ2) is 11.9. The number of aliphatic carboxylic acids is 2. The molecule has 170 valence electrons. The molecular weight excluding hydrogens is 420 g/mol. The summed E-state index contributed by atoms with van der Waals surface area (Å²) in [4.78, 5) is 22.3. The number of thioether (sulfide) groups is 2. The Labute approximate surface area is 189 Å². The standard InChI is InChI=1S/C22H36N2O4S2/c1-15-16(2)18(30-14-10-8-12-22(5,6)20(27)28)24-23-17(15)29-13-9-7-11-21(3,4)19(25)26/h7-14H2,1-6H3,(H,25,26)(H,27,28). The monoisotopic (exact) mass is 456 g/mol. The van der Waals surface area contributed by atoms with Crippen molar-refractivity contribution in [3.05, 3.63) is 11.1 Å². The number of carboxylic acid groups (broad SMARTS) is 2. The number of nitrogens with zero attached hydrogens (tertiary/aromatic N) is 2. The third-order valence-electron chi connectivity index (χ3n) is 5.46. The van der Waals surface area contributed by atoms with E-state index in [0.717, 1.165) is 58.4 Å². The highest BCUT2D eigenvalue weighted by atomic mass is 32.2. The minimum atomic E-state index is -0.744. The van der Waals surface area contributed by atoms with E-state index in [0.29, 0.717) is 12.8 Å². The number of carbonyl (C=O) groups is 2. The summed E-state index contributed by atoms with van der Waals surface area (Å²) in [5, 5.41) is 29.0. The fraction of sp³-hybridized carbons (Fsp3) is 0.727. The van der Waals surface area contributed by atoms with Gasteiger partial charge in [-0.15, -0.1) is 33.7 Å². The van der Waals surface area contributed by atoms with E-state index in [1.807, 2.05) is 0 Å². The highest BCUT2D eigenvalue weighted by Crippen LogP contribution is 2.30. The fourth-order valence-electron chi connectivity index (χ4n) is 2.73. The summed E-state index contributed by atoms with van der Waals surface area (Å²) in [5.41, 5.74) is 0.962. The maximum Gasteiger partial charge on any atom is 0.309 e. The highest BCUT2D eigenvalue weighted by molar-refractivity contribution is 7.99. The molecular formula is C22H36N2O4S2. The average molecular weight is 457 g/mol. The lowest BCUT2D eigenvalue weighted by Gasteiger charge is -2.18. The summed E-state index contributed by atoms with van der Waals surface area (Å²) in [6.07, 6.45) is 5.00. The van der Waals surface area contributed by atoms with E-state index in [-0.39, 0.29) is 0 Å². The van der Waals surface area contributed by atoms with Crippen LogP contribution in [0.2, 0.25) is 0 Å². The van der Waals surface area contributed by atoms with Crippen LogP contribution in [0.3, 0.4) is 0 Å². The molecule has 0 radical (unpaired) electrons. The lowest BCUT2D eigenvalue weighted by Crippen LogP contribution is -2.23. The van der Waals surface area contributed by atoms with Crippen molar-refractivity contribution < 1.29 is 19.8 Å². The van der Waals surface area contributed by atoms with E-state index in [1.165, 1.54) is 0 Å². The second-order valence-electron chi connectivity index (χ2n) is 9.05. The van der Waals surface area contributed by atoms with Crippen LogP contribution >= 0.6 is 23.5 Å². The molecule has 0 atom stereocenters. The van der Waals surface area contributed by atoms with Gasteiger partial charge in [0.25, 0.3) is 0 Å². The van der Waals surface area contributed by atoms with Crippen LogP contribution in [-0.4, -0.2) is 43.9 Å². The summed E-state index contributed by atoms with van der Waals surface area (Å²) < 4.78 is 0. The van der Waals surface area contributed by atoms with Crippen LogP contribution in [0.15, 0.2) is 10.1 Å². The minimum Gasteiger partial charge on any atom is -0.481 e. The summed E-state index contributed by atoms with van der Waals surface area (Å²) in [6, 6.07) is 0. The van der Waals surface area contributed by atoms with Crippen molar-refractivity contribution >= 4 is 35.5 Å². The Balaban J connectivity index is 2.43. The SMILES string of the molecule is Cc1c(SCCCCC(C)(C)C(=O)O)nnc(SCCCCC(C)(C)C(=O)O)c1C. The van der Waals surface area contributed by atoms with Crippen molar-refractivity contribution in [2.75, 3.05) is 11.5 Å². The number of hydrogen-bond acceptors (Lipinski definition) is 6. The molecule has 0 bridgehead atoms. The Hall–Kier alpha value is -1.28. The molecule has 30 heavy (non-hydrogen) atoms. The largest absolute Gasteiger partial charge is 0.481 e. The predicted octanol–water partition coefficient (Wildman–Crippen LogP) is 5.84. The molecule has 0 aromatic carbocycles. The van der Waals surface area contributed by atoms with Gasteiger partial charge < -0.3 is 10.2 Å². The number of unbranched alkanes of at least 4 members (excludes halogenated alkanes) is 2. The molecule has 0 unspecified atom stereocenters. The maximum absolute atomic E-state index is 11.2. The molecule has 1 rings (SSSR count). The van der Waals surface area contributed by atoms with Crippen LogP contribution in [0.4, 0.5) is 0 Å². The van der Waals surface area contributed by atoms with E-state index >= 15 is 0 Å². The van der Waals surface area contributed by atoms with Gasteiger partial charge in [-0.2, -0.15) is 0 Å². The molecule has 1 aromatic heterocycles. The lowest BCUT2D eigenvalue weighted by atomic mass is 9.87. The van der Waals surface area contributed by atoms with Crippen LogP contribution in [0.5, 0.6) is 0 Å². The van der Waals surface area contributed by atoms with Gasteiger partial charge in [0.15, 0.2) is 0 Å². The van der Waals surface area contributed by atoms with E-state index in [2.05, 4.69) is 24.0 Å². The van der Waals surface area contributed by atoms with Gasteiger partial charge in [0.1, 0.15) is 10.1 Å². The van der Waals surface area contributed by atoms with E-state index in [9.17, 15) is 9.59 Å². The highest BCUT2D eigenvalue weighted by Gasteiger charge is 2.26. The number of aromatic nitrogens is 2. The molecule has 0 amide bonds.